The smallest absolute Gasteiger partial charge is 0.450 e. The van der Waals surface area contributed by atoms with E-state index >= 15 is 0 Å². The molecule has 0 radical (unpaired) electrons. The van der Waals surface area contributed by atoms with Crippen molar-refractivity contribution in [3.05, 3.63) is 23.7 Å². The summed E-state index contributed by atoms with van der Waals surface area (Å²) in [4.78, 5) is 21.3. The molecule has 1 heterocycles. The Balaban J connectivity index is 2.74. The molecule has 1 aromatic heterocycles. The average Bonchev–Trinajstić information content (AvgIpc) is 2.50. The molecule has 0 aliphatic rings. The van der Waals surface area contributed by atoms with Crippen LogP contribution in [0.1, 0.15) is 23.2 Å². The highest BCUT2D eigenvalue weighted by Gasteiger charge is 2.38. The normalized spacial score (nSPS) is 11.5. The molecule has 0 fully saturated rings. The number of rotatable bonds is 3. The van der Waals surface area contributed by atoms with Gasteiger partial charge in [-0.1, -0.05) is 0 Å². The van der Waals surface area contributed by atoms with E-state index in [1.54, 1.807) is 0 Å². The van der Waals surface area contributed by atoms with Crippen LogP contribution in [-0.4, -0.2) is 17.7 Å². The molecule has 1 rings (SSSR count). The molecular weight excluding hydrogens is 213 g/mol. The molecule has 0 aliphatic carbocycles. The van der Waals surface area contributed by atoms with Gasteiger partial charge in [0.15, 0.2) is 11.5 Å². The molecule has 0 aliphatic heterocycles. The number of halogens is 3. The van der Waals surface area contributed by atoms with Crippen molar-refractivity contribution in [1.29, 1.82) is 0 Å². The van der Waals surface area contributed by atoms with Gasteiger partial charge in [0.1, 0.15) is 5.76 Å². The summed E-state index contributed by atoms with van der Waals surface area (Å²) in [5, 5.41) is 0. The van der Waals surface area contributed by atoms with E-state index in [4.69, 9.17) is 4.42 Å². The largest absolute Gasteiger partial charge is 0.458 e. The second kappa shape index (κ2) is 3.88. The lowest BCUT2D eigenvalue weighted by Gasteiger charge is -2.02. The summed E-state index contributed by atoms with van der Waals surface area (Å²) in [6.07, 6.45) is -5.75. The maximum Gasteiger partial charge on any atom is 0.450 e. The van der Waals surface area contributed by atoms with E-state index in [1.807, 2.05) is 0 Å². The molecule has 0 saturated heterocycles. The molecule has 3 nitrogen and oxygen atoms in total. The van der Waals surface area contributed by atoms with E-state index in [2.05, 4.69) is 0 Å². The summed E-state index contributed by atoms with van der Waals surface area (Å²) in [5.41, 5.74) is 0. The van der Waals surface area contributed by atoms with Gasteiger partial charge in [0.25, 0.3) is 0 Å². The second-order valence-electron chi connectivity index (χ2n) is 2.92. The molecule has 15 heavy (non-hydrogen) atoms. The number of ketones is 2. The molecular formula is C9H7F3O3. The van der Waals surface area contributed by atoms with Gasteiger partial charge in [-0.15, -0.1) is 0 Å². The van der Waals surface area contributed by atoms with Crippen molar-refractivity contribution in [3.63, 3.8) is 0 Å². The lowest BCUT2D eigenvalue weighted by molar-refractivity contribution is -0.170. The van der Waals surface area contributed by atoms with E-state index in [1.165, 1.54) is 19.1 Å². The SMILES string of the molecule is CC(=O)c1ccc(CC(=O)C(F)(F)F)o1. The first-order chi connectivity index (χ1) is 6.80. The molecule has 0 spiro atoms. The molecule has 0 aromatic carbocycles. The van der Waals surface area contributed by atoms with Crippen LogP contribution in [0.15, 0.2) is 16.5 Å². The second-order valence-corrected chi connectivity index (χ2v) is 2.92. The molecule has 0 amide bonds. The van der Waals surface area contributed by atoms with Gasteiger partial charge in [-0.3, -0.25) is 9.59 Å². The van der Waals surface area contributed by atoms with Gasteiger partial charge >= 0.3 is 6.18 Å². The fourth-order valence-electron chi connectivity index (χ4n) is 0.921. The average molecular weight is 220 g/mol. The van der Waals surface area contributed by atoms with Crippen molar-refractivity contribution in [2.45, 2.75) is 19.5 Å². The third kappa shape index (κ3) is 2.93. The first-order valence-electron chi connectivity index (χ1n) is 4.00. The third-order valence-corrected chi connectivity index (χ3v) is 1.66. The van der Waals surface area contributed by atoms with Crippen LogP contribution in [0.2, 0.25) is 0 Å². The Bertz CT molecular complexity index is 390. The summed E-state index contributed by atoms with van der Waals surface area (Å²) in [5.74, 6) is -2.52. The lowest BCUT2D eigenvalue weighted by atomic mass is 10.2. The highest BCUT2D eigenvalue weighted by atomic mass is 19.4. The highest BCUT2D eigenvalue weighted by molar-refractivity contribution is 5.91. The minimum absolute atomic E-state index is 0.0556. The molecule has 0 atom stereocenters. The summed E-state index contributed by atoms with van der Waals surface area (Å²) < 4.78 is 40.3. The summed E-state index contributed by atoms with van der Waals surface area (Å²) in [7, 11) is 0. The molecule has 82 valence electrons. The van der Waals surface area contributed by atoms with E-state index < -0.39 is 24.2 Å². The third-order valence-electron chi connectivity index (χ3n) is 1.66. The van der Waals surface area contributed by atoms with Crippen LogP contribution in [0.4, 0.5) is 13.2 Å². The van der Waals surface area contributed by atoms with Crippen LogP contribution in [0, 0.1) is 0 Å². The number of hydrogen-bond donors (Lipinski definition) is 0. The lowest BCUT2D eigenvalue weighted by Crippen LogP contribution is -2.24. The molecule has 0 bridgehead atoms. The quantitative estimate of drug-likeness (QED) is 0.733. The number of hydrogen-bond acceptors (Lipinski definition) is 3. The number of alkyl halides is 3. The van der Waals surface area contributed by atoms with E-state index in [9.17, 15) is 22.8 Å². The number of carbonyl (C=O) groups is 2. The van der Waals surface area contributed by atoms with Crippen LogP contribution in [0.3, 0.4) is 0 Å². The fourth-order valence-corrected chi connectivity index (χ4v) is 0.921. The zero-order chi connectivity index (χ0) is 11.6. The van der Waals surface area contributed by atoms with Crippen molar-refractivity contribution >= 4 is 11.6 Å². The van der Waals surface area contributed by atoms with Gasteiger partial charge < -0.3 is 4.42 Å². The van der Waals surface area contributed by atoms with Gasteiger partial charge in [-0.25, -0.2) is 0 Å². The Morgan fingerprint density at radius 1 is 1.33 bits per heavy atom. The van der Waals surface area contributed by atoms with Crippen molar-refractivity contribution in [1.82, 2.24) is 0 Å². The molecule has 6 heteroatoms. The van der Waals surface area contributed by atoms with Crippen LogP contribution in [-0.2, 0) is 11.2 Å². The van der Waals surface area contributed by atoms with Gasteiger partial charge in [-0.05, 0) is 12.1 Å². The maximum atomic E-state index is 11.8. The van der Waals surface area contributed by atoms with Crippen molar-refractivity contribution in [2.24, 2.45) is 0 Å². The minimum Gasteiger partial charge on any atom is -0.458 e. The Labute approximate surface area is 82.9 Å². The van der Waals surface area contributed by atoms with E-state index in [0.717, 1.165) is 0 Å². The predicted octanol–water partition coefficient (Wildman–Crippen LogP) is 2.16. The summed E-state index contributed by atoms with van der Waals surface area (Å²) in [6.45, 7) is 1.22. The zero-order valence-corrected chi connectivity index (χ0v) is 7.72. The Hall–Kier alpha value is -1.59. The first-order valence-corrected chi connectivity index (χ1v) is 4.00. The predicted molar refractivity (Wildman–Crippen MR) is 43.5 cm³/mol. The molecule has 1 aromatic rings. The van der Waals surface area contributed by atoms with Crippen molar-refractivity contribution in [3.8, 4) is 0 Å². The van der Waals surface area contributed by atoms with Crippen molar-refractivity contribution in [2.75, 3.05) is 0 Å². The standard InChI is InChI=1S/C9H7F3O3/c1-5(13)7-3-2-6(15-7)4-8(14)9(10,11)12/h2-3H,4H2,1H3. The molecule has 0 saturated carbocycles. The van der Waals surface area contributed by atoms with Crippen LogP contribution < -0.4 is 0 Å². The number of carbonyl (C=O) groups excluding carboxylic acids is 2. The Morgan fingerprint density at radius 2 is 1.93 bits per heavy atom. The van der Waals surface area contributed by atoms with Gasteiger partial charge in [0.2, 0.25) is 5.78 Å². The Morgan fingerprint density at radius 3 is 2.33 bits per heavy atom. The van der Waals surface area contributed by atoms with E-state index in [0.29, 0.717) is 0 Å². The van der Waals surface area contributed by atoms with Crippen LogP contribution in [0.5, 0.6) is 0 Å². The first kappa shape index (κ1) is 11.5. The monoisotopic (exact) mass is 220 g/mol. The maximum absolute atomic E-state index is 11.8. The van der Waals surface area contributed by atoms with Crippen molar-refractivity contribution < 1.29 is 27.2 Å². The van der Waals surface area contributed by atoms with Gasteiger partial charge in [0.05, 0.1) is 6.42 Å². The minimum atomic E-state index is -4.87. The molecule has 0 unspecified atom stereocenters. The van der Waals surface area contributed by atoms with E-state index in [-0.39, 0.29) is 11.5 Å². The Kier molecular flexibility index (Phi) is 2.97. The topological polar surface area (TPSA) is 47.3 Å². The van der Waals surface area contributed by atoms with Gasteiger partial charge in [-0.2, -0.15) is 13.2 Å². The van der Waals surface area contributed by atoms with Crippen LogP contribution >= 0.6 is 0 Å². The van der Waals surface area contributed by atoms with Gasteiger partial charge in [0, 0.05) is 6.92 Å². The summed E-state index contributed by atoms with van der Waals surface area (Å²) in [6, 6.07) is 2.42. The zero-order valence-electron chi connectivity index (χ0n) is 7.72. The molecule has 0 N–H and O–H groups in total. The highest BCUT2D eigenvalue weighted by Crippen LogP contribution is 2.19. The van der Waals surface area contributed by atoms with Crippen LogP contribution in [0.25, 0.3) is 0 Å². The fraction of sp³-hybridized carbons (Fsp3) is 0.333. The number of Topliss-reactive ketones (excluding diaryl/α,β-unsaturated/α-hetero) is 2. The summed E-state index contributed by atoms with van der Waals surface area (Å²) >= 11 is 0. The number of furan rings is 1.